The molecule has 4 rings (SSSR count). The minimum atomic E-state index is -0.0807. The SMILES string of the molecule is COc1ccc(N2CCO[C@@H]2c2ccn(-c3ccc(OC)cc3)c2)cc1. The lowest BCUT2D eigenvalue weighted by Gasteiger charge is -2.24. The van der Waals surface area contributed by atoms with Gasteiger partial charge in [0.15, 0.2) is 6.23 Å². The first-order valence-corrected chi connectivity index (χ1v) is 8.63. The molecule has 1 aliphatic heterocycles. The molecular formula is C21H22N2O3. The first-order chi connectivity index (χ1) is 12.8. The number of nitrogens with zero attached hydrogens (tertiary/aromatic N) is 2. The quantitative estimate of drug-likeness (QED) is 0.696. The summed E-state index contributed by atoms with van der Waals surface area (Å²) >= 11 is 0. The van der Waals surface area contributed by atoms with Crippen LogP contribution in [0.3, 0.4) is 0 Å². The Balaban J connectivity index is 1.57. The molecule has 2 aromatic carbocycles. The fourth-order valence-corrected chi connectivity index (χ4v) is 3.26. The molecule has 1 fully saturated rings. The molecule has 0 spiro atoms. The summed E-state index contributed by atoms with van der Waals surface area (Å²) in [5, 5.41) is 0. The van der Waals surface area contributed by atoms with Crippen LogP contribution in [0.1, 0.15) is 11.8 Å². The average molecular weight is 350 g/mol. The molecule has 2 heterocycles. The molecule has 0 unspecified atom stereocenters. The van der Waals surface area contributed by atoms with E-state index < -0.39 is 0 Å². The van der Waals surface area contributed by atoms with Crippen LogP contribution >= 0.6 is 0 Å². The van der Waals surface area contributed by atoms with Crippen LogP contribution in [-0.2, 0) is 4.74 Å². The molecule has 0 aliphatic carbocycles. The summed E-state index contributed by atoms with van der Waals surface area (Å²) in [6.07, 6.45) is 4.10. The van der Waals surface area contributed by atoms with Gasteiger partial charge in [0.25, 0.3) is 0 Å². The molecule has 0 amide bonds. The second-order valence-electron chi connectivity index (χ2n) is 6.16. The van der Waals surface area contributed by atoms with E-state index in [1.165, 1.54) is 0 Å². The third kappa shape index (κ3) is 3.13. The maximum Gasteiger partial charge on any atom is 0.158 e. The van der Waals surface area contributed by atoms with Gasteiger partial charge in [-0.3, -0.25) is 0 Å². The van der Waals surface area contributed by atoms with Crippen molar-refractivity contribution in [2.45, 2.75) is 6.23 Å². The zero-order valence-electron chi connectivity index (χ0n) is 15.0. The fraction of sp³-hybridized carbons (Fsp3) is 0.238. The Morgan fingerprint density at radius 1 is 0.846 bits per heavy atom. The molecule has 0 N–H and O–H groups in total. The van der Waals surface area contributed by atoms with E-state index in [1.807, 2.05) is 36.4 Å². The predicted molar refractivity (Wildman–Crippen MR) is 101 cm³/mol. The summed E-state index contributed by atoms with van der Waals surface area (Å²) in [6.45, 7) is 1.58. The number of anilines is 1. The third-order valence-corrected chi connectivity index (χ3v) is 4.67. The summed E-state index contributed by atoms with van der Waals surface area (Å²) in [7, 11) is 3.35. The minimum absolute atomic E-state index is 0.0807. The van der Waals surface area contributed by atoms with Crippen LogP contribution < -0.4 is 14.4 Å². The maximum atomic E-state index is 6.01. The van der Waals surface area contributed by atoms with Gasteiger partial charge in [0.2, 0.25) is 0 Å². The van der Waals surface area contributed by atoms with Gasteiger partial charge in [-0.25, -0.2) is 0 Å². The summed E-state index contributed by atoms with van der Waals surface area (Å²) in [5.41, 5.74) is 3.35. The van der Waals surface area contributed by atoms with Crippen molar-refractivity contribution in [3.63, 3.8) is 0 Å². The molecule has 1 atom stereocenters. The standard InChI is InChI=1S/C21H22N2O3/c1-24-19-7-3-17(4-8-19)22-12-11-16(15-22)21-23(13-14-26-21)18-5-9-20(25-2)10-6-18/h3-12,15,21H,13-14H2,1-2H3/t21-/m1/s1. The average Bonchev–Trinajstić information content (AvgIpc) is 3.37. The highest BCUT2D eigenvalue weighted by Crippen LogP contribution is 2.33. The van der Waals surface area contributed by atoms with Gasteiger partial charge in [0.05, 0.1) is 20.8 Å². The Bertz CT molecular complexity index is 856. The monoisotopic (exact) mass is 350 g/mol. The number of hydrogen-bond acceptors (Lipinski definition) is 4. The molecule has 0 radical (unpaired) electrons. The molecular weight excluding hydrogens is 328 g/mol. The lowest BCUT2D eigenvalue weighted by Crippen LogP contribution is -2.22. The van der Waals surface area contributed by atoms with Crippen LogP contribution in [0.2, 0.25) is 0 Å². The summed E-state index contributed by atoms with van der Waals surface area (Å²) < 4.78 is 18.6. The van der Waals surface area contributed by atoms with Crippen molar-refractivity contribution in [3.8, 4) is 17.2 Å². The fourth-order valence-electron chi connectivity index (χ4n) is 3.26. The smallest absolute Gasteiger partial charge is 0.158 e. The molecule has 134 valence electrons. The van der Waals surface area contributed by atoms with Crippen LogP contribution in [0, 0.1) is 0 Å². The molecule has 1 aliphatic rings. The van der Waals surface area contributed by atoms with Gasteiger partial charge in [-0.15, -0.1) is 0 Å². The van der Waals surface area contributed by atoms with E-state index in [9.17, 15) is 0 Å². The van der Waals surface area contributed by atoms with Gasteiger partial charge in [0.1, 0.15) is 11.5 Å². The number of benzene rings is 2. The Morgan fingerprint density at radius 2 is 1.46 bits per heavy atom. The molecule has 1 aromatic heterocycles. The van der Waals surface area contributed by atoms with Crippen molar-refractivity contribution in [3.05, 3.63) is 72.6 Å². The summed E-state index contributed by atoms with van der Waals surface area (Å²) in [4.78, 5) is 2.27. The van der Waals surface area contributed by atoms with Crippen LogP contribution in [0.15, 0.2) is 67.0 Å². The molecule has 5 nitrogen and oxygen atoms in total. The largest absolute Gasteiger partial charge is 0.497 e. The normalized spacial score (nSPS) is 16.7. The van der Waals surface area contributed by atoms with Crippen molar-refractivity contribution in [1.82, 2.24) is 4.57 Å². The first kappa shape index (κ1) is 16.5. The molecule has 0 bridgehead atoms. The zero-order chi connectivity index (χ0) is 17.9. The topological polar surface area (TPSA) is 35.9 Å². The molecule has 1 saturated heterocycles. The van der Waals surface area contributed by atoms with Gasteiger partial charge in [-0.1, -0.05) is 0 Å². The Kier molecular flexibility index (Phi) is 4.54. The molecule has 0 saturated carbocycles. The Morgan fingerprint density at radius 3 is 2.08 bits per heavy atom. The third-order valence-electron chi connectivity index (χ3n) is 4.67. The van der Waals surface area contributed by atoms with Crippen LogP contribution in [0.5, 0.6) is 11.5 Å². The predicted octanol–water partition coefficient (Wildman–Crippen LogP) is 4.03. The first-order valence-electron chi connectivity index (χ1n) is 8.63. The van der Waals surface area contributed by atoms with Crippen molar-refractivity contribution in [2.75, 3.05) is 32.3 Å². The number of aromatic nitrogens is 1. The van der Waals surface area contributed by atoms with Gasteiger partial charge in [0, 0.05) is 35.9 Å². The van der Waals surface area contributed by atoms with Gasteiger partial charge in [-0.2, -0.15) is 0 Å². The van der Waals surface area contributed by atoms with E-state index in [2.05, 4.69) is 40.1 Å². The lowest BCUT2D eigenvalue weighted by molar-refractivity contribution is 0.114. The highest BCUT2D eigenvalue weighted by molar-refractivity contribution is 5.51. The molecule has 3 aromatic rings. The van der Waals surface area contributed by atoms with Gasteiger partial charge >= 0.3 is 0 Å². The number of hydrogen-bond donors (Lipinski definition) is 0. The van der Waals surface area contributed by atoms with Crippen molar-refractivity contribution in [2.24, 2.45) is 0 Å². The Hall–Kier alpha value is -2.92. The minimum Gasteiger partial charge on any atom is -0.497 e. The second kappa shape index (κ2) is 7.14. The molecule has 26 heavy (non-hydrogen) atoms. The van der Waals surface area contributed by atoms with Crippen LogP contribution in [0.4, 0.5) is 5.69 Å². The summed E-state index contributed by atoms with van der Waals surface area (Å²) in [6, 6.07) is 18.2. The number of methoxy groups -OCH3 is 2. The van der Waals surface area contributed by atoms with Gasteiger partial charge in [-0.05, 0) is 54.6 Å². The van der Waals surface area contributed by atoms with Crippen LogP contribution in [0.25, 0.3) is 5.69 Å². The van der Waals surface area contributed by atoms with E-state index in [0.717, 1.165) is 35.0 Å². The van der Waals surface area contributed by atoms with Crippen molar-refractivity contribution in [1.29, 1.82) is 0 Å². The number of ether oxygens (including phenoxy) is 3. The van der Waals surface area contributed by atoms with Crippen molar-refractivity contribution < 1.29 is 14.2 Å². The Labute approximate surface area is 153 Å². The van der Waals surface area contributed by atoms with Crippen LogP contribution in [-0.4, -0.2) is 31.9 Å². The van der Waals surface area contributed by atoms with E-state index in [4.69, 9.17) is 14.2 Å². The number of rotatable bonds is 5. The van der Waals surface area contributed by atoms with Crippen molar-refractivity contribution >= 4 is 5.69 Å². The lowest BCUT2D eigenvalue weighted by atomic mass is 10.2. The second-order valence-corrected chi connectivity index (χ2v) is 6.16. The van der Waals surface area contributed by atoms with E-state index in [1.54, 1.807) is 14.2 Å². The highest BCUT2D eigenvalue weighted by atomic mass is 16.5. The zero-order valence-corrected chi connectivity index (χ0v) is 15.0. The molecule has 5 heteroatoms. The van der Waals surface area contributed by atoms with E-state index in [0.29, 0.717) is 6.61 Å². The van der Waals surface area contributed by atoms with E-state index in [-0.39, 0.29) is 6.23 Å². The van der Waals surface area contributed by atoms with Gasteiger partial charge < -0.3 is 23.7 Å². The van der Waals surface area contributed by atoms with E-state index >= 15 is 0 Å². The highest BCUT2D eigenvalue weighted by Gasteiger charge is 2.28. The summed E-state index contributed by atoms with van der Waals surface area (Å²) in [5.74, 6) is 1.71. The maximum absolute atomic E-state index is 6.01.